The molecular weight excluding hydrogens is 926 g/mol. The second-order valence-corrected chi connectivity index (χ2v) is 18.7. The predicted octanol–water partition coefficient (Wildman–Crippen LogP) is 14.0. The number of benzene rings is 6. The van der Waals surface area contributed by atoms with E-state index in [9.17, 15) is 0 Å². The Labute approximate surface area is 374 Å². The van der Waals surface area contributed by atoms with Crippen LogP contribution in [0.5, 0.6) is 0 Å². The first-order valence-electron chi connectivity index (χ1n) is 20.9. The second kappa shape index (κ2) is 14.9. The summed E-state index contributed by atoms with van der Waals surface area (Å²) in [6, 6.07) is 59.9. The number of rotatable bonds is 5. The first-order chi connectivity index (χ1) is 28.8. The summed E-state index contributed by atoms with van der Waals surface area (Å²) in [5, 5.41) is 7.81. The van der Waals surface area contributed by atoms with Crippen molar-refractivity contribution in [2.24, 2.45) is 0 Å². The van der Waals surface area contributed by atoms with Crippen LogP contribution in [0.15, 0.2) is 152 Å². The van der Waals surface area contributed by atoms with Crippen LogP contribution < -0.4 is 4.90 Å². The smallest absolute Gasteiger partial charge is 0.358 e. The van der Waals surface area contributed by atoms with Crippen LogP contribution in [0.3, 0.4) is 0 Å². The van der Waals surface area contributed by atoms with Crippen molar-refractivity contribution in [1.82, 2.24) is 19.3 Å². The van der Waals surface area contributed by atoms with Gasteiger partial charge in [0.1, 0.15) is 11.5 Å². The van der Waals surface area contributed by atoms with Gasteiger partial charge in [0.05, 0.1) is 5.69 Å². The maximum atomic E-state index is 5.50. The molecule has 0 atom stereocenters. The van der Waals surface area contributed by atoms with Crippen molar-refractivity contribution in [1.29, 1.82) is 0 Å². The Morgan fingerprint density at radius 2 is 1.25 bits per heavy atom. The quantitative estimate of drug-likeness (QED) is 0.161. The summed E-state index contributed by atoms with van der Waals surface area (Å²) in [4.78, 5) is 7.33. The Balaban J connectivity index is 0.00000476. The Hall–Kier alpha value is -6.03. The number of aromatic nitrogens is 4. The van der Waals surface area contributed by atoms with Crippen LogP contribution in [0.4, 0.5) is 17.1 Å². The van der Waals surface area contributed by atoms with E-state index >= 15 is 0 Å². The molecule has 0 unspecified atom stereocenters. The van der Waals surface area contributed by atoms with Crippen molar-refractivity contribution in [3.8, 4) is 33.9 Å². The van der Waals surface area contributed by atoms with Gasteiger partial charge in [-0.2, -0.15) is 17.2 Å². The minimum atomic E-state index is -0.296. The van der Waals surface area contributed by atoms with Gasteiger partial charge in [-0.05, 0) is 62.9 Å². The normalized spacial score (nSPS) is 13.5. The van der Waals surface area contributed by atoms with Crippen LogP contribution in [0.25, 0.3) is 55.7 Å². The van der Waals surface area contributed by atoms with Crippen LogP contribution in [0.2, 0.25) is 0 Å². The van der Waals surface area contributed by atoms with E-state index < -0.39 is 0 Å². The first-order valence-corrected chi connectivity index (χ1v) is 20.9. The molecule has 6 aromatic carbocycles. The summed E-state index contributed by atoms with van der Waals surface area (Å²) in [7, 11) is 0. The summed E-state index contributed by atoms with van der Waals surface area (Å²) in [6.07, 6.45) is 1.93. The van der Waals surface area contributed by atoms with E-state index in [2.05, 4.69) is 227 Å². The zero-order valence-electron chi connectivity index (χ0n) is 36.0. The number of fused-ring (bicyclic) bond motifs is 5. The van der Waals surface area contributed by atoms with Crippen molar-refractivity contribution in [2.75, 3.05) is 4.90 Å². The van der Waals surface area contributed by atoms with Crippen molar-refractivity contribution < 1.29 is 21.1 Å². The van der Waals surface area contributed by atoms with Crippen LogP contribution in [-0.4, -0.2) is 19.3 Å². The van der Waals surface area contributed by atoms with Crippen molar-refractivity contribution in [2.45, 2.75) is 71.6 Å². The van der Waals surface area contributed by atoms with E-state index in [0.29, 0.717) is 0 Å². The van der Waals surface area contributed by atoms with Crippen LogP contribution >= 0.6 is 0 Å². The van der Waals surface area contributed by atoms with Gasteiger partial charge < -0.3 is 9.47 Å². The van der Waals surface area contributed by atoms with Crippen molar-refractivity contribution in [3.05, 3.63) is 186 Å². The van der Waals surface area contributed by atoms with Crippen LogP contribution in [0, 0.1) is 12.1 Å². The summed E-state index contributed by atoms with van der Waals surface area (Å²) in [5.41, 5.74) is 14.5. The zero-order valence-corrected chi connectivity index (χ0v) is 38.3. The number of hydrogen-bond acceptors (Lipinski definition) is 3. The summed E-state index contributed by atoms with van der Waals surface area (Å²) < 4.78 is 4.43. The second-order valence-electron chi connectivity index (χ2n) is 18.7. The Morgan fingerprint density at radius 1 is 0.590 bits per heavy atom. The number of anilines is 3. The topological polar surface area (TPSA) is 38.9 Å². The maximum absolute atomic E-state index is 5.50. The molecule has 0 bridgehead atoms. The molecule has 0 spiro atoms. The average Bonchev–Trinajstić information content (AvgIpc) is 3.82. The molecule has 5 nitrogen and oxygen atoms in total. The fourth-order valence-corrected chi connectivity index (χ4v) is 9.21. The molecule has 304 valence electrons. The first kappa shape index (κ1) is 40.4. The molecule has 0 saturated heterocycles. The molecule has 4 heterocycles. The van der Waals surface area contributed by atoms with E-state index in [4.69, 9.17) is 10.1 Å². The molecule has 3 aromatic heterocycles. The third kappa shape index (κ3) is 6.66. The molecular formula is C55H49N5Pt. The number of hydrogen-bond donors (Lipinski definition) is 0. The van der Waals surface area contributed by atoms with E-state index in [1.54, 1.807) is 0 Å². The molecule has 0 amide bonds. The molecule has 10 rings (SSSR count). The van der Waals surface area contributed by atoms with Crippen LogP contribution in [-0.2, 0) is 37.3 Å². The third-order valence-corrected chi connectivity index (χ3v) is 12.2. The fourth-order valence-electron chi connectivity index (χ4n) is 9.21. The fraction of sp³-hybridized carbons (Fsp3) is 0.200. The van der Waals surface area contributed by atoms with E-state index in [1.165, 1.54) is 22.1 Å². The largest absolute Gasteiger partial charge is 2.00 e. The molecule has 0 aliphatic carbocycles. The van der Waals surface area contributed by atoms with Gasteiger partial charge in [0, 0.05) is 33.9 Å². The maximum Gasteiger partial charge on any atom is 2.00 e. The van der Waals surface area contributed by atoms with E-state index in [0.717, 1.165) is 73.1 Å². The van der Waals surface area contributed by atoms with Gasteiger partial charge in [-0.1, -0.05) is 169 Å². The van der Waals surface area contributed by atoms with Gasteiger partial charge >= 0.3 is 21.1 Å². The molecule has 9 aromatic rings. The number of pyridine rings is 1. The molecule has 61 heavy (non-hydrogen) atoms. The van der Waals surface area contributed by atoms with Crippen LogP contribution in [0.1, 0.15) is 77.8 Å². The monoisotopic (exact) mass is 974 g/mol. The minimum absolute atomic E-state index is 0. The standard InChI is InChI=1S/C55H49N5.Pt/c1-53(2,3)38-31-32-56-49(33-38)59-45-25-17-15-23-41(45)42-29-27-39(34-47(42)59)58-46-26-18-16-24-43(46)55(7,8)44-30-28-40(35-48(44)58)60-52(54(4,5)6)50(36-19-11-9-12-20-36)51(57-60)37-21-13-10-14-22-37;/h9-33H,1-8H3;/q-2;+2. The summed E-state index contributed by atoms with van der Waals surface area (Å²) in [5.74, 6) is 0.883. The number of para-hydroxylation sites is 2. The molecule has 0 fully saturated rings. The third-order valence-electron chi connectivity index (χ3n) is 12.2. The summed E-state index contributed by atoms with van der Waals surface area (Å²) in [6.45, 7) is 18.2. The predicted molar refractivity (Wildman–Crippen MR) is 248 cm³/mol. The van der Waals surface area contributed by atoms with Crippen molar-refractivity contribution in [3.63, 3.8) is 0 Å². The van der Waals surface area contributed by atoms with Gasteiger partial charge in [0.25, 0.3) is 0 Å². The van der Waals surface area contributed by atoms with Gasteiger partial charge in [-0.15, -0.1) is 35.2 Å². The van der Waals surface area contributed by atoms with Crippen molar-refractivity contribution >= 4 is 38.9 Å². The summed E-state index contributed by atoms with van der Waals surface area (Å²) >= 11 is 0. The SMILES string of the molecule is CC(C)(C)c1ccnc(-n2c3[c-]c(N4c5[c-]c(-n6nc(-c7ccccc7)c(-c7ccccc7)c6C(C)(C)C)ccc5C(C)(C)c5ccccc54)ccc3c3ccccc32)c1.[Pt+2]. The van der Waals surface area contributed by atoms with E-state index in [-0.39, 0.29) is 37.3 Å². The minimum Gasteiger partial charge on any atom is -0.358 e. The Morgan fingerprint density at radius 3 is 1.97 bits per heavy atom. The molecule has 0 radical (unpaired) electrons. The Bertz CT molecular complexity index is 3090. The Kier molecular flexibility index (Phi) is 9.83. The molecule has 6 heteroatoms. The van der Waals surface area contributed by atoms with Gasteiger partial charge in [0.2, 0.25) is 0 Å². The van der Waals surface area contributed by atoms with E-state index in [1.807, 2.05) is 6.20 Å². The molecule has 0 N–H and O–H groups in total. The van der Waals surface area contributed by atoms with Gasteiger partial charge in [-0.25, -0.2) is 4.98 Å². The van der Waals surface area contributed by atoms with Gasteiger partial charge in [0.15, 0.2) is 0 Å². The molecule has 1 aliphatic rings. The average molecular weight is 975 g/mol. The molecule has 0 saturated carbocycles. The molecule has 1 aliphatic heterocycles. The number of nitrogens with zero attached hydrogens (tertiary/aromatic N) is 5. The zero-order chi connectivity index (χ0) is 41.6. The van der Waals surface area contributed by atoms with Gasteiger partial charge in [-0.3, -0.25) is 4.68 Å².